The molecular weight excluding hydrogens is 518 g/mol. The molecule has 0 radical (unpaired) electrons. The van der Waals surface area contributed by atoms with Crippen LogP contribution in [0.1, 0.15) is 0 Å². The third-order valence-electron chi connectivity index (χ3n) is 6.91. The van der Waals surface area contributed by atoms with Crippen molar-refractivity contribution in [2.75, 3.05) is 0 Å². The second-order valence-corrected chi connectivity index (χ2v) is 9.98. The van der Waals surface area contributed by atoms with Crippen LogP contribution in [0.5, 0.6) is 0 Å². The molecule has 0 saturated heterocycles. The number of fused-ring (bicyclic) bond motifs is 3. The van der Waals surface area contributed by atoms with Gasteiger partial charge in [-0.1, -0.05) is 121 Å². The van der Waals surface area contributed by atoms with E-state index < -0.39 is 0 Å². The average molecular weight is 540 g/mol. The van der Waals surface area contributed by atoms with E-state index in [0.717, 1.165) is 71.2 Å². The summed E-state index contributed by atoms with van der Waals surface area (Å²) in [5, 5.41) is 2.16. The predicted octanol–water partition coefficient (Wildman–Crippen LogP) is 10.3. The predicted molar refractivity (Wildman–Crippen MR) is 158 cm³/mol. The third kappa shape index (κ3) is 3.62. The highest BCUT2D eigenvalue weighted by molar-refractivity contribution is 9.10. The van der Waals surface area contributed by atoms with Gasteiger partial charge in [0.15, 0.2) is 0 Å². The summed E-state index contributed by atoms with van der Waals surface area (Å²) in [5.41, 5.74) is 9.70. The largest absolute Gasteiger partial charge is 0.455 e. The van der Waals surface area contributed by atoms with Crippen molar-refractivity contribution >= 4 is 37.8 Å². The number of aromatic amines is 1. The van der Waals surface area contributed by atoms with Gasteiger partial charge in [-0.3, -0.25) is 0 Å². The van der Waals surface area contributed by atoms with Gasteiger partial charge in [0.2, 0.25) is 0 Å². The molecule has 0 fully saturated rings. The first-order chi connectivity index (χ1) is 18.3. The van der Waals surface area contributed by atoms with Crippen LogP contribution in [0.25, 0.3) is 66.7 Å². The Morgan fingerprint density at radius 2 is 1.03 bits per heavy atom. The van der Waals surface area contributed by atoms with E-state index in [9.17, 15) is 0 Å². The first-order valence-corrected chi connectivity index (χ1v) is 13.1. The molecule has 0 amide bonds. The summed E-state index contributed by atoms with van der Waals surface area (Å²) in [4.78, 5) is 3.74. The second kappa shape index (κ2) is 8.95. The van der Waals surface area contributed by atoms with E-state index in [1.54, 1.807) is 0 Å². The van der Waals surface area contributed by atoms with Gasteiger partial charge in [0.25, 0.3) is 0 Å². The van der Waals surface area contributed by atoms with Gasteiger partial charge in [-0.15, -0.1) is 0 Å². The number of hydrogen-bond donors (Lipinski definition) is 1. The summed E-state index contributed by atoms with van der Waals surface area (Å²) >= 11 is 3.91. The zero-order valence-corrected chi connectivity index (χ0v) is 21.5. The molecule has 176 valence electrons. The summed E-state index contributed by atoms with van der Waals surface area (Å²) in [7, 11) is 0. The van der Waals surface area contributed by atoms with Crippen molar-refractivity contribution in [1.29, 1.82) is 0 Å². The lowest BCUT2D eigenvalue weighted by molar-refractivity contribution is 0.636. The molecule has 0 unspecified atom stereocenters. The van der Waals surface area contributed by atoms with Crippen molar-refractivity contribution in [3.8, 4) is 44.8 Å². The fraction of sp³-hybridized carbons (Fsp3) is 0. The van der Waals surface area contributed by atoms with Crippen LogP contribution in [0, 0.1) is 0 Å². The molecule has 3 heteroatoms. The molecule has 0 spiro atoms. The highest BCUT2D eigenvalue weighted by atomic mass is 79.9. The number of rotatable bonds is 4. The first-order valence-electron chi connectivity index (χ1n) is 12.3. The highest BCUT2D eigenvalue weighted by Gasteiger charge is 2.25. The van der Waals surface area contributed by atoms with Crippen LogP contribution in [-0.4, -0.2) is 4.98 Å². The summed E-state index contributed by atoms with van der Waals surface area (Å²) in [6.07, 6.45) is 0. The van der Waals surface area contributed by atoms with Gasteiger partial charge in [-0.05, 0) is 38.7 Å². The fourth-order valence-electron chi connectivity index (χ4n) is 5.27. The minimum Gasteiger partial charge on any atom is -0.455 e. The monoisotopic (exact) mass is 539 g/mol. The van der Waals surface area contributed by atoms with Crippen molar-refractivity contribution < 1.29 is 4.42 Å². The van der Waals surface area contributed by atoms with Crippen LogP contribution in [0.4, 0.5) is 0 Å². The van der Waals surface area contributed by atoms with Crippen molar-refractivity contribution in [2.24, 2.45) is 0 Å². The minimum absolute atomic E-state index is 0.877. The number of furan rings is 1. The Balaban J connectivity index is 1.66. The van der Waals surface area contributed by atoms with Crippen molar-refractivity contribution in [3.05, 3.63) is 132 Å². The van der Waals surface area contributed by atoms with Gasteiger partial charge in [0.1, 0.15) is 11.3 Å². The quantitative estimate of drug-likeness (QED) is 0.236. The van der Waals surface area contributed by atoms with Crippen molar-refractivity contribution in [2.45, 2.75) is 0 Å². The van der Waals surface area contributed by atoms with Gasteiger partial charge >= 0.3 is 0 Å². The minimum atomic E-state index is 0.877. The number of halogens is 1. The van der Waals surface area contributed by atoms with E-state index in [1.807, 2.05) is 18.2 Å². The molecule has 0 aliphatic carbocycles. The van der Waals surface area contributed by atoms with Gasteiger partial charge < -0.3 is 9.40 Å². The maximum atomic E-state index is 6.88. The first kappa shape index (κ1) is 21.9. The third-order valence-corrected chi connectivity index (χ3v) is 7.53. The number of benzene rings is 5. The highest BCUT2D eigenvalue weighted by Crippen LogP contribution is 2.49. The number of H-pyrrole nitrogens is 1. The molecule has 2 heterocycles. The fourth-order valence-corrected chi connectivity index (χ4v) is 5.80. The van der Waals surface area contributed by atoms with Gasteiger partial charge in [0.05, 0.1) is 16.6 Å². The van der Waals surface area contributed by atoms with Crippen LogP contribution >= 0.6 is 15.9 Å². The molecule has 0 atom stereocenters. The van der Waals surface area contributed by atoms with Crippen LogP contribution in [0.3, 0.4) is 0 Å². The second-order valence-electron chi connectivity index (χ2n) is 9.13. The van der Waals surface area contributed by atoms with E-state index in [1.165, 1.54) is 0 Å². The van der Waals surface area contributed by atoms with Crippen LogP contribution in [0.2, 0.25) is 0 Å². The summed E-state index contributed by atoms with van der Waals surface area (Å²) in [6.45, 7) is 0. The number of nitrogens with one attached hydrogen (secondary N) is 1. The normalized spacial score (nSPS) is 11.4. The Labute approximate surface area is 223 Å². The lowest BCUT2D eigenvalue weighted by Crippen LogP contribution is -1.82. The molecule has 2 nitrogen and oxygen atoms in total. The molecule has 1 N–H and O–H groups in total. The zero-order valence-electron chi connectivity index (χ0n) is 19.9. The van der Waals surface area contributed by atoms with Gasteiger partial charge in [-0.2, -0.15) is 0 Å². The molecule has 0 aliphatic rings. The van der Waals surface area contributed by atoms with Crippen LogP contribution in [0.15, 0.2) is 136 Å². The standard InChI is InChI=1S/C34H22BrNO/c35-27-21-26-28(22-13-5-1-6-14-22)33(25-19-11-4-12-20-25)37-34(26)30-29(23-15-7-2-8-16-23)31(36-32(27)30)24-17-9-3-10-18-24/h1-21,36H. The zero-order chi connectivity index (χ0) is 24.8. The topological polar surface area (TPSA) is 28.9 Å². The Kier molecular flexibility index (Phi) is 5.30. The number of aromatic nitrogens is 1. The van der Waals surface area contributed by atoms with E-state index in [-0.39, 0.29) is 0 Å². The molecule has 0 aliphatic heterocycles. The smallest absolute Gasteiger partial charge is 0.145 e. The van der Waals surface area contributed by atoms with Crippen molar-refractivity contribution in [1.82, 2.24) is 4.98 Å². The van der Waals surface area contributed by atoms with E-state index in [4.69, 9.17) is 4.42 Å². The SMILES string of the molecule is Brc1cc2c(-c3ccccc3)c(-c3ccccc3)oc2c2c(-c3ccccc3)c(-c3ccccc3)[nH]c12. The maximum Gasteiger partial charge on any atom is 0.145 e. The maximum absolute atomic E-state index is 6.88. The molecule has 2 aromatic heterocycles. The van der Waals surface area contributed by atoms with Gasteiger partial charge in [0, 0.05) is 26.5 Å². The van der Waals surface area contributed by atoms with E-state index in [0.29, 0.717) is 0 Å². The lowest BCUT2D eigenvalue weighted by atomic mass is 9.95. The number of hydrogen-bond acceptors (Lipinski definition) is 1. The Morgan fingerprint density at radius 1 is 0.541 bits per heavy atom. The van der Waals surface area contributed by atoms with Crippen LogP contribution < -0.4 is 0 Å². The summed E-state index contributed by atoms with van der Waals surface area (Å²) < 4.78 is 7.88. The molecule has 0 saturated carbocycles. The molecule has 5 aromatic carbocycles. The Bertz CT molecular complexity index is 1850. The molecule has 7 rings (SSSR count). The molecular formula is C34H22BrNO. The van der Waals surface area contributed by atoms with E-state index >= 15 is 0 Å². The molecule has 37 heavy (non-hydrogen) atoms. The van der Waals surface area contributed by atoms with Crippen molar-refractivity contribution in [3.63, 3.8) is 0 Å². The van der Waals surface area contributed by atoms with Gasteiger partial charge in [-0.25, -0.2) is 0 Å². The van der Waals surface area contributed by atoms with Crippen LogP contribution in [-0.2, 0) is 0 Å². The lowest BCUT2D eigenvalue weighted by Gasteiger charge is -2.06. The average Bonchev–Trinajstić information content (AvgIpc) is 3.55. The summed E-state index contributed by atoms with van der Waals surface area (Å²) in [5.74, 6) is 0.877. The molecule has 7 aromatic rings. The molecule has 0 bridgehead atoms. The van der Waals surface area contributed by atoms with E-state index in [2.05, 4.69) is 130 Å². The summed E-state index contributed by atoms with van der Waals surface area (Å²) in [6, 6.07) is 44.1. The Morgan fingerprint density at radius 3 is 1.59 bits per heavy atom. The Hall–Kier alpha value is -4.34.